The van der Waals surface area contributed by atoms with Crippen molar-refractivity contribution in [3.8, 4) is 0 Å². The maximum Gasteiger partial charge on any atom is 0.175 e. The molecule has 2 N–H and O–H groups in total. The molecule has 19 heavy (non-hydrogen) atoms. The van der Waals surface area contributed by atoms with Gasteiger partial charge in [-0.05, 0) is 67.5 Å². The molecule has 0 saturated heterocycles. The van der Waals surface area contributed by atoms with Crippen LogP contribution in [0.3, 0.4) is 0 Å². The van der Waals surface area contributed by atoms with Gasteiger partial charge in [-0.1, -0.05) is 23.7 Å². The summed E-state index contributed by atoms with van der Waals surface area (Å²) in [7, 11) is 0. The Bertz CT molecular complexity index is 591. The highest BCUT2D eigenvalue weighted by molar-refractivity contribution is 7.80. The lowest BCUT2D eigenvalue weighted by Gasteiger charge is -2.12. The van der Waals surface area contributed by atoms with Crippen molar-refractivity contribution in [2.24, 2.45) is 0 Å². The van der Waals surface area contributed by atoms with E-state index in [-0.39, 0.29) is 0 Å². The number of halogens is 1. The molecule has 2 aromatic carbocycles. The van der Waals surface area contributed by atoms with Crippen LogP contribution in [0.25, 0.3) is 0 Å². The van der Waals surface area contributed by atoms with Crippen LogP contribution in [-0.2, 0) is 0 Å². The second-order valence-electron chi connectivity index (χ2n) is 4.47. The Morgan fingerprint density at radius 3 is 2.21 bits per heavy atom. The van der Waals surface area contributed by atoms with Crippen LogP contribution in [-0.4, -0.2) is 5.11 Å². The molecule has 2 aromatic rings. The summed E-state index contributed by atoms with van der Waals surface area (Å²) >= 11 is 11.2. The molecule has 0 spiro atoms. The zero-order chi connectivity index (χ0) is 13.8. The molecular weight excluding hydrogens is 276 g/mol. The number of rotatable bonds is 2. The van der Waals surface area contributed by atoms with Crippen molar-refractivity contribution >= 4 is 40.3 Å². The van der Waals surface area contributed by atoms with E-state index >= 15 is 0 Å². The SMILES string of the molecule is Cc1cc(C)cc(NC(=S)Nc2cccc(Cl)c2)c1. The number of anilines is 2. The summed E-state index contributed by atoms with van der Waals surface area (Å²) in [5.41, 5.74) is 4.26. The van der Waals surface area contributed by atoms with Crippen molar-refractivity contribution in [3.05, 3.63) is 58.6 Å². The molecule has 0 aliphatic carbocycles. The van der Waals surface area contributed by atoms with Crippen molar-refractivity contribution in [2.45, 2.75) is 13.8 Å². The first kappa shape index (κ1) is 13.8. The minimum atomic E-state index is 0.548. The normalized spacial score (nSPS) is 10.1. The third-order valence-electron chi connectivity index (χ3n) is 2.56. The summed E-state index contributed by atoms with van der Waals surface area (Å²) in [4.78, 5) is 0. The molecule has 0 aliphatic heterocycles. The molecule has 0 atom stereocenters. The standard InChI is InChI=1S/C15H15ClN2S/c1-10-6-11(2)8-14(7-10)18-15(19)17-13-5-3-4-12(16)9-13/h3-9H,1-2H3,(H2,17,18,19). The van der Waals surface area contributed by atoms with E-state index in [9.17, 15) is 0 Å². The summed E-state index contributed by atoms with van der Waals surface area (Å²) in [6, 6.07) is 13.7. The lowest BCUT2D eigenvalue weighted by atomic mass is 10.1. The third-order valence-corrected chi connectivity index (χ3v) is 3.00. The molecule has 0 unspecified atom stereocenters. The first-order valence-corrected chi connectivity index (χ1v) is 6.73. The molecule has 98 valence electrons. The zero-order valence-electron chi connectivity index (χ0n) is 10.8. The van der Waals surface area contributed by atoms with E-state index in [2.05, 4.69) is 42.7 Å². The van der Waals surface area contributed by atoms with Gasteiger partial charge >= 0.3 is 0 Å². The van der Waals surface area contributed by atoms with Gasteiger partial charge in [-0.3, -0.25) is 0 Å². The molecule has 0 aliphatic rings. The van der Waals surface area contributed by atoms with E-state index in [1.54, 1.807) is 0 Å². The number of hydrogen-bond acceptors (Lipinski definition) is 1. The Hall–Kier alpha value is -1.58. The fourth-order valence-corrected chi connectivity index (χ4v) is 2.33. The summed E-state index contributed by atoms with van der Waals surface area (Å²) in [6.45, 7) is 4.12. The molecule has 0 heterocycles. The van der Waals surface area contributed by atoms with Gasteiger partial charge in [0.15, 0.2) is 5.11 Å². The maximum absolute atomic E-state index is 5.93. The van der Waals surface area contributed by atoms with Crippen molar-refractivity contribution in [3.63, 3.8) is 0 Å². The van der Waals surface area contributed by atoms with Gasteiger partial charge in [0.2, 0.25) is 0 Å². The van der Waals surface area contributed by atoms with Crippen molar-refractivity contribution in [2.75, 3.05) is 10.6 Å². The second kappa shape index (κ2) is 6.04. The first-order valence-electron chi connectivity index (χ1n) is 5.95. The van der Waals surface area contributed by atoms with Gasteiger partial charge in [0.25, 0.3) is 0 Å². The molecule has 2 nitrogen and oxygen atoms in total. The summed E-state index contributed by atoms with van der Waals surface area (Å²) < 4.78 is 0. The van der Waals surface area contributed by atoms with Crippen LogP contribution in [0.1, 0.15) is 11.1 Å². The second-order valence-corrected chi connectivity index (χ2v) is 5.31. The van der Waals surface area contributed by atoms with Crippen LogP contribution >= 0.6 is 23.8 Å². The van der Waals surface area contributed by atoms with Crippen molar-refractivity contribution in [1.29, 1.82) is 0 Å². The van der Waals surface area contributed by atoms with Crippen LogP contribution < -0.4 is 10.6 Å². The molecule has 0 bridgehead atoms. The summed E-state index contributed by atoms with van der Waals surface area (Å²) in [6.07, 6.45) is 0. The average Bonchev–Trinajstić information content (AvgIpc) is 2.26. The van der Waals surface area contributed by atoms with Gasteiger partial charge in [-0.15, -0.1) is 0 Å². The highest BCUT2D eigenvalue weighted by Gasteiger charge is 2.01. The number of hydrogen-bond donors (Lipinski definition) is 2. The van der Waals surface area contributed by atoms with Gasteiger partial charge < -0.3 is 10.6 Å². The van der Waals surface area contributed by atoms with Gasteiger partial charge in [-0.25, -0.2) is 0 Å². The molecule has 4 heteroatoms. The molecule has 0 fully saturated rings. The number of thiocarbonyl (C=S) groups is 1. The van der Waals surface area contributed by atoms with Crippen LogP contribution in [0.2, 0.25) is 5.02 Å². The minimum Gasteiger partial charge on any atom is -0.332 e. The fourth-order valence-electron chi connectivity index (χ4n) is 1.91. The van der Waals surface area contributed by atoms with Gasteiger partial charge in [0, 0.05) is 16.4 Å². The smallest absolute Gasteiger partial charge is 0.175 e. The Kier molecular flexibility index (Phi) is 4.40. The van der Waals surface area contributed by atoms with Gasteiger partial charge in [0.05, 0.1) is 0 Å². The minimum absolute atomic E-state index is 0.548. The zero-order valence-corrected chi connectivity index (χ0v) is 12.4. The van der Waals surface area contributed by atoms with Crippen LogP contribution in [0, 0.1) is 13.8 Å². The lowest BCUT2D eigenvalue weighted by Crippen LogP contribution is -2.19. The van der Waals surface area contributed by atoms with Crippen LogP contribution in [0.5, 0.6) is 0 Å². The average molecular weight is 291 g/mol. The maximum atomic E-state index is 5.93. The summed E-state index contributed by atoms with van der Waals surface area (Å²) in [5.74, 6) is 0. The van der Waals surface area contributed by atoms with Crippen molar-refractivity contribution < 1.29 is 0 Å². The Morgan fingerprint density at radius 2 is 1.58 bits per heavy atom. The van der Waals surface area contributed by atoms with Gasteiger partial charge in [-0.2, -0.15) is 0 Å². The van der Waals surface area contributed by atoms with E-state index in [1.165, 1.54) is 11.1 Å². The number of nitrogens with one attached hydrogen (secondary N) is 2. The van der Waals surface area contributed by atoms with Gasteiger partial charge in [0.1, 0.15) is 0 Å². The first-order chi connectivity index (χ1) is 9.02. The molecular formula is C15H15ClN2S. The van der Waals surface area contributed by atoms with Crippen LogP contribution in [0.15, 0.2) is 42.5 Å². The Labute approximate surface area is 123 Å². The van der Waals surface area contributed by atoms with E-state index in [0.29, 0.717) is 10.1 Å². The number of aryl methyl sites for hydroxylation is 2. The fraction of sp³-hybridized carbons (Fsp3) is 0.133. The van der Waals surface area contributed by atoms with E-state index in [0.717, 1.165) is 11.4 Å². The molecule has 0 radical (unpaired) electrons. The quantitative estimate of drug-likeness (QED) is 0.779. The molecule has 0 aromatic heterocycles. The summed E-state index contributed by atoms with van der Waals surface area (Å²) in [5, 5.41) is 7.50. The van der Waals surface area contributed by atoms with Crippen LogP contribution in [0.4, 0.5) is 11.4 Å². The molecule has 2 rings (SSSR count). The van der Waals surface area contributed by atoms with Crippen molar-refractivity contribution in [1.82, 2.24) is 0 Å². The van der Waals surface area contributed by atoms with E-state index in [1.807, 2.05) is 24.3 Å². The Morgan fingerprint density at radius 1 is 0.947 bits per heavy atom. The lowest BCUT2D eigenvalue weighted by molar-refractivity contribution is 1.38. The molecule has 0 saturated carbocycles. The monoisotopic (exact) mass is 290 g/mol. The third kappa shape index (κ3) is 4.23. The predicted octanol–water partition coefficient (Wildman–Crippen LogP) is 4.77. The predicted molar refractivity (Wildman–Crippen MR) is 87.2 cm³/mol. The highest BCUT2D eigenvalue weighted by atomic mass is 35.5. The Balaban J connectivity index is 2.05. The van der Waals surface area contributed by atoms with E-state index < -0.39 is 0 Å². The van der Waals surface area contributed by atoms with E-state index in [4.69, 9.17) is 23.8 Å². The largest absolute Gasteiger partial charge is 0.332 e. The highest BCUT2D eigenvalue weighted by Crippen LogP contribution is 2.17. The molecule has 0 amide bonds. The number of benzene rings is 2. The topological polar surface area (TPSA) is 24.1 Å².